The van der Waals surface area contributed by atoms with Crippen molar-refractivity contribution in [1.82, 2.24) is 0 Å². The largest absolute Gasteiger partial charge is 0.550 e. The van der Waals surface area contributed by atoms with E-state index in [0.717, 1.165) is 7.11 Å². The number of halogens is 2. The number of carbonyl (C=O) groups is 2. The van der Waals surface area contributed by atoms with Crippen molar-refractivity contribution < 1.29 is 33.0 Å². The minimum atomic E-state index is -3.91. The summed E-state index contributed by atoms with van der Waals surface area (Å²) in [6.45, 7) is -1.00. The van der Waals surface area contributed by atoms with Crippen LogP contribution >= 0.6 is 0 Å². The van der Waals surface area contributed by atoms with E-state index < -0.39 is 31.1 Å². The number of aliphatic carboxylic acids is 1. The van der Waals surface area contributed by atoms with Gasteiger partial charge < -0.3 is 19.4 Å². The number of alkyl halides is 2. The van der Waals surface area contributed by atoms with Crippen LogP contribution in [0, 0.1) is 0 Å². The van der Waals surface area contributed by atoms with E-state index in [1.165, 1.54) is 0 Å². The number of ether oxygens (including phenoxy) is 2. The Morgan fingerprint density at radius 3 is 2.38 bits per heavy atom. The molecule has 0 aromatic carbocycles. The van der Waals surface area contributed by atoms with E-state index in [1.807, 2.05) is 0 Å². The topological polar surface area (TPSA) is 75.7 Å². The molecule has 0 saturated carbocycles. The Kier molecular flexibility index (Phi) is 4.26. The van der Waals surface area contributed by atoms with E-state index in [0.29, 0.717) is 0 Å². The second-order valence-electron chi connectivity index (χ2n) is 2.05. The first-order valence-electron chi connectivity index (χ1n) is 3.16. The summed E-state index contributed by atoms with van der Waals surface area (Å²) in [7, 11) is 0.989. The number of methoxy groups -OCH3 is 1. The van der Waals surface area contributed by atoms with E-state index in [1.54, 1.807) is 0 Å². The van der Waals surface area contributed by atoms with Gasteiger partial charge in [0.2, 0.25) is 0 Å². The zero-order chi connectivity index (χ0) is 10.5. The average molecular weight is 197 g/mol. The van der Waals surface area contributed by atoms with Crippen LogP contribution in [-0.4, -0.2) is 31.8 Å². The molecule has 0 rings (SSSR count). The maximum absolute atomic E-state index is 12.3. The summed E-state index contributed by atoms with van der Waals surface area (Å²) in [6, 6.07) is 0. The number of carbonyl (C=O) groups excluding carboxylic acids is 2. The monoisotopic (exact) mass is 197 g/mol. The Bertz CT molecular complexity index is 203. The third-order valence-corrected chi connectivity index (χ3v) is 0.979. The highest BCUT2D eigenvalue weighted by molar-refractivity contribution is 5.70. The van der Waals surface area contributed by atoms with E-state index in [-0.39, 0.29) is 0 Å². The highest BCUT2D eigenvalue weighted by Crippen LogP contribution is 2.18. The molecule has 0 aliphatic heterocycles. The Morgan fingerprint density at radius 2 is 2.00 bits per heavy atom. The Labute approximate surface area is 72.2 Å². The van der Waals surface area contributed by atoms with Gasteiger partial charge in [0.1, 0.15) is 0 Å². The molecule has 0 radical (unpaired) electrons. The van der Waals surface area contributed by atoms with Crippen molar-refractivity contribution in [3.8, 4) is 0 Å². The normalized spacial score (nSPS) is 11.0. The van der Waals surface area contributed by atoms with Crippen molar-refractivity contribution in [2.75, 3.05) is 13.7 Å². The average Bonchev–Trinajstić information content (AvgIpc) is 1.98. The lowest BCUT2D eigenvalue weighted by Crippen LogP contribution is -2.34. The molecule has 0 spiro atoms. The molecule has 0 saturated heterocycles. The van der Waals surface area contributed by atoms with Gasteiger partial charge in [0.05, 0.1) is 19.5 Å². The second-order valence-corrected chi connectivity index (χ2v) is 2.05. The number of rotatable bonds is 5. The first-order chi connectivity index (χ1) is 5.87. The van der Waals surface area contributed by atoms with Crippen molar-refractivity contribution in [1.29, 1.82) is 0 Å². The van der Waals surface area contributed by atoms with Crippen LogP contribution in [0.5, 0.6) is 0 Å². The SMILES string of the molecule is COC(=O)COC(F)(F)CC(=O)[O-]. The summed E-state index contributed by atoms with van der Waals surface area (Å²) in [5, 5.41) is 9.74. The number of esters is 1. The zero-order valence-corrected chi connectivity index (χ0v) is 6.71. The van der Waals surface area contributed by atoms with Crippen LogP contribution in [0.4, 0.5) is 8.78 Å². The Balaban J connectivity index is 3.88. The standard InChI is InChI=1S/C6H8F2O5/c1-12-5(11)3-13-6(7,8)2-4(9)10/h2-3H2,1H3,(H,9,10)/p-1. The molecule has 0 aromatic rings. The predicted molar refractivity (Wildman–Crippen MR) is 32.5 cm³/mol. The number of hydrogen-bond donors (Lipinski definition) is 0. The van der Waals surface area contributed by atoms with Gasteiger partial charge in [-0.3, -0.25) is 0 Å². The first-order valence-corrected chi connectivity index (χ1v) is 3.16. The summed E-state index contributed by atoms with van der Waals surface area (Å²) >= 11 is 0. The highest BCUT2D eigenvalue weighted by Gasteiger charge is 2.31. The summed E-state index contributed by atoms with van der Waals surface area (Å²) in [4.78, 5) is 20.0. The number of carboxylic acids is 1. The minimum absolute atomic E-state index is 0.989. The van der Waals surface area contributed by atoms with Crippen molar-refractivity contribution in [2.45, 2.75) is 12.5 Å². The Hall–Kier alpha value is -1.24. The van der Waals surface area contributed by atoms with Gasteiger partial charge in [-0.25, -0.2) is 4.79 Å². The van der Waals surface area contributed by atoms with Gasteiger partial charge >= 0.3 is 12.1 Å². The lowest BCUT2D eigenvalue weighted by atomic mass is 10.4. The van der Waals surface area contributed by atoms with Crippen LogP contribution in [0.25, 0.3) is 0 Å². The van der Waals surface area contributed by atoms with Crippen LogP contribution in [0.15, 0.2) is 0 Å². The lowest BCUT2D eigenvalue weighted by molar-refractivity contribution is -0.323. The minimum Gasteiger partial charge on any atom is -0.550 e. The van der Waals surface area contributed by atoms with Crippen molar-refractivity contribution in [3.05, 3.63) is 0 Å². The van der Waals surface area contributed by atoms with Gasteiger partial charge in [-0.1, -0.05) is 0 Å². The molecule has 0 atom stereocenters. The molecule has 0 heterocycles. The molecule has 0 aliphatic rings. The molecule has 13 heavy (non-hydrogen) atoms. The molecular formula is C6H7F2O5-. The van der Waals surface area contributed by atoms with Crippen molar-refractivity contribution in [3.63, 3.8) is 0 Å². The van der Waals surface area contributed by atoms with Crippen LogP contribution in [-0.2, 0) is 19.1 Å². The van der Waals surface area contributed by atoms with Crippen molar-refractivity contribution in [2.24, 2.45) is 0 Å². The molecule has 0 unspecified atom stereocenters. The molecule has 0 aromatic heterocycles. The van der Waals surface area contributed by atoms with Crippen LogP contribution in [0.3, 0.4) is 0 Å². The molecule has 76 valence electrons. The van der Waals surface area contributed by atoms with Crippen LogP contribution in [0.1, 0.15) is 6.42 Å². The van der Waals surface area contributed by atoms with Gasteiger partial charge in [0.25, 0.3) is 0 Å². The Morgan fingerprint density at radius 1 is 1.46 bits per heavy atom. The summed E-state index contributed by atoms with van der Waals surface area (Å²) in [6.07, 6.45) is -5.50. The summed E-state index contributed by atoms with van der Waals surface area (Å²) in [5.74, 6) is -2.98. The molecular weight excluding hydrogens is 190 g/mol. The first kappa shape index (κ1) is 11.8. The molecule has 5 nitrogen and oxygen atoms in total. The molecule has 0 N–H and O–H groups in total. The molecule has 0 fully saturated rings. The molecule has 7 heteroatoms. The molecule has 0 aliphatic carbocycles. The number of hydrogen-bond acceptors (Lipinski definition) is 5. The van der Waals surface area contributed by atoms with Gasteiger partial charge in [-0.2, -0.15) is 8.78 Å². The third-order valence-electron chi connectivity index (χ3n) is 0.979. The maximum Gasteiger partial charge on any atom is 0.361 e. The summed E-state index contributed by atoms with van der Waals surface area (Å²) < 4.78 is 32.3. The van der Waals surface area contributed by atoms with Crippen LogP contribution in [0.2, 0.25) is 0 Å². The van der Waals surface area contributed by atoms with Gasteiger partial charge in [-0.05, 0) is 0 Å². The molecule has 0 bridgehead atoms. The van der Waals surface area contributed by atoms with Gasteiger partial charge in [0, 0.05) is 0 Å². The van der Waals surface area contributed by atoms with Gasteiger partial charge in [-0.15, -0.1) is 0 Å². The smallest absolute Gasteiger partial charge is 0.361 e. The fourth-order valence-corrected chi connectivity index (χ4v) is 0.443. The quantitative estimate of drug-likeness (QED) is 0.523. The fourth-order valence-electron chi connectivity index (χ4n) is 0.443. The highest BCUT2D eigenvalue weighted by atomic mass is 19.3. The maximum atomic E-state index is 12.3. The van der Waals surface area contributed by atoms with Crippen LogP contribution < -0.4 is 5.11 Å². The van der Waals surface area contributed by atoms with E-state index in [2.05, 4.69) is 9.47 Å². The fraction of sp³-hybridized carbons (Fsp3) is 0.667. The zero-order valence-electron chi connectivity index (χ0n) is 6.71. The van der Waals surface area contributed by atoms with E-state index in [9.17, 15) is 23.5 Å². The lowest BCUT2D eigenvalue weighted by Gasteiger charge is -2.15. The second kappa shape index (κ2) is 4.70. The number of carboxylic acid groups (broad SMARTS) is 1. The molecule has 0 amide bonds. The van der Waals surface area contributed by atoms with Crippen molar-refractivity contribution >= 4 is 11.9 Å². The third kappa shape index (κ3) is 5.97. The van der Waals surface area contributed by atoms with E-state index in [4.69, 9.17) is 0 Å². The van der Waals surface area contributed by atoms with Gasteiger partial charge in [0.15, 0.2) is 6.61 Å². The predicted octanol–water partition coefficient (Wildman–Crippen LogP) is -1.09. The summed E-state index contributed by atoms with van der Waals surface area (Å²) in [5.41, 5.74) is 0. The van der Waals surface area contributed by atoms with E-state index >= 15 is 0 Å².